The zero-order valence-electron chi connectivity index (χ0n) is 13.5. The Balaban J connectivity index is 1.99. The molecule has 2 aromatic rings. The van der Waals surface area contributed by atoms with Crippen LogP contribution in [-0.2, 0) is 6.54 Å². The third-order valence-electron chi connectivity index (χ3n) is 4.42. The van der Waals surface area contributed by atoms with Gasteiger partial charge in [0.1, 0.15) is 0 Å². The average molecular weight is 311 g/mol. The predicted octanol–water partition coefficient (Wildman–Crippen LogP) is 2.25. The van der Waals surface area contributed by atoms with Gasteiger partial charge in [-0.05, 0) is 24.1 Å². The lowest BCUT2D eigenvalue weighted by Crippen LogP contribution is -2.43. The summed E-state index contributed by atoms with van der Waals surface area (Å²) in [6.45, 7) is 3.43. The lowest BCUT2D eigenvalue weighted by Gasteiger charge is -2.30. The highest BCUT2D eigenvalue weighted by Crippen LogP contribution is 2.27. The summed E-state index contributed by atoms with van der Waals surface area (Å²) in [6, 6.07) is 11.3. The minimum Gasteiger partial charge on any atom is -0.372 e. The van der Waals surface area contributed by atoms with Crippen molar-refractivity contribution in [3.63, 3.8) is 0 Å². The molecule has 0 aliphatic carbocycles. The molecule has 1 aromatic carbocycles. The van der Waals surface area contributed by atoms with Gasteiger partial charge in [-0.3, -0.25) is 9.59 Å². The predicted molar refractivity (Wildman–Crippen MR) is 90.7 cm³/mol. The van der Waals surface area contributed by atoms with Crippen LogP contribution in [0.2, 0.25) is 0 Å². The van der Waals surface area contributed by atoms with Crippen LogP contribution in [0.25, 0.3) is 0 Å². The van der Waals surface area contributed by atoms with E-state index >= 15 is 0 Å². The van der Waals surface area contributed by atoms with Crippen molar-refractivity contribution in [3.8, 4) is 0 Å². The highest BCUT2D eigenvalue weighted by Gasteiger charge is 2.29. The Hall–Kier alpha value is -2.56. The van der Waals surface area contributed by atoms with E-state index in [0.29, 0.717) is 12.1 Å². The van der Waals surface area contributed by atoms with E-state index in [1.54, 1.807) is 6.07 Å². The normalized spacial score (nSPS) is 17.6. The highest BCUT2D eigenvalue weighted by atomic mass is 16.2. The van der Waals surface area contributed by atoms with Crippen LogP contribution in [-0.4, -0.2) is 35.4 Å². The molecule has 120 valence electrons. The molecule has 3 rings (SSSR count). The second kappa shape index (κ2) is 6.28. The van der Waals surface area contributed by atoms with Gasteiger partial charge in [0.05, 0.1) is 0 Å². The number of hydrogen-bond acceptors (Lipinski definition) is 3. The number of nitrogens with one attached hydrogen (secondary N) is 1. The maximum atomic E-state index is 12.9. The van der Waals surface area contributed by atoms with Gasteiger partial charge >= 0.3 is 0 Å². The first-order valence-electron chi connectivity index (χ1n) is 7.89. The number of H-pyrrole nitrogens is 1. The second-order valence-electron chi connectivity index (χ2n) is 5.95. The van der Waals surface area contributed by atoms with Crippen LogP contribution in [0.4, 0.5) is 5.69 Å². The molecule has 1 N–H and O–H groups in total. The van der Waals surface area contributed by atoms with E-state index in [0.717, 1.165) is 24.2 Å². The molecule has 23 heavy (non-hydrogen) atoms. The van der Waals surface area contributed by atoms with Gasteiger partial charge in [0.15, 0.2) is 0 Å². The van der Waals surface area contributed by atoms with E-state index in [2.05, 4.69) is 36.0 Å². The van der Waals surface area contributed by atoms with E-state index in [1.807, 2.05) is 17.0 Å². The Morgan fingerprint density at radius 3 is 2.83 bits per heavy atom. The molecule has 5 nitrogen and oxygen atoms in total. The van der Waals surface area contributed by atoms with Gasteiger partial charge in [-0.15, -0.1) is 0 Å². The summed E-state index contributed by atoms with van der Waals surface area (Å²) in [6.07, 6.45) is 2.39. The monoisotopic (exact) mass is 311 g/mol. The zero-order valence-corrected chi connectivity index (χ0v) is 13.5. The minimum absolute atomic E-state index is 0.0898. The second-order valence-corrected chi connectivity index (χ2v) is 5.95. The quantitative estimate of drug-likeness (QED) is 0.925. The highest BCUT2D eigenvalue weighted by molar-refractivity contribution is 5.94. The number of fused-ring (bicyclic) bond motifs is 1. The van der Waals surface area contributed by atoms with Gasteiger partial charge in [0.25, 0.3) is 5.91 Å². The largest absolute Gasteiger partial charge is 0.372 e. The number of nitrogens with zero attached hydrogens (tertiary/aromatic N) is 2. The smallest absolute Gasteiger partial charge is 0.254 e. The third kappa shape index (κ3) is 2.99. The standard InChI is InChI=1S/C18H21N3O2/c1-3-15-12-20(2)16-7-5-4-6-14(16)11-21(15)18(23)13-8-9-19-17(22)10-13/h4-10,15H,3,11-12H2,1-2H3,(H,19,22)/t15-/m1/s1. The van der Waals surface area contributed by atoms with E-state index in [4.69, 9.17) is 0 Å². The number of hydrogen-bond donors (Lipinski definition) is 1. The molecule has 2 heterocycles. The fourth-order valence-corrected chi connectivity index (χ4v) is 3.17. The van der Waals surface area contributed by atoms with E-state index in [9.17, 15) is 9.59 Å². The number of para-hydroxylation sites is 1. The number of aromatic amines is 1. The van der Waals surface area contributed by atoms with Crippen LogP contribution in [0.1, 0.15) is 29.3 Å². The molecule has 1 aromatic heterocycles. The Morgan fingerprint density at radius 2 is 2.09 bits per heavy atom. The molecule has 0 saturated heterocycles. The van der Waals surface area contributed by atoms with Crippen molar-refractivity contribution in [2.75, 3.05) is 18.5 Å². The van der Waals surface area contributed by atoms with Gasteiger partial charge in [-0.2, -0.15) is 0 Å². The summed E-state index contributed by atoms with van der Waals surface area (Å²) in [5, 5.41) is 0. The zero-order chi connectivity index (χ0) is 16.4. The Bertz CT molecular complexity index is 769. The number of pyridine rings is 1. The van der Waals surface area contributed by atoms with Crippen LogP contribution in [0.15, 0.2) is 47.4 Å². The van der Waals surface area contributed by atoms with Crippen molar-refractivity contribution in [1.29, 1.82) is 0 Å². The molecule has 0 saturated carbocycles. The van der Waals surface area contributed by atoms with Gasteiger partial charge < -0.3 is 14.8 Å². The number of rotatable bonds is 2. The number of carbonyl (C=O) groups is 1. The van der Waals surface area contributed by atoms with Crippen molar-refractivity contribution in [2.45, 2.75) is 25.9 Å². The molecule has 1 aliphatic rings. The molecule has 1 aliphatic heterocycles. The molecule has 1 amide bonds. The summed E-state index contributed by atoms with van der Waals surface area (Å²) >= 11 is 0. The van der Waals surface area contributed by atoms with Crippen LogP contribution >= 0.6 is 0 Å². The van der Waals surface area contributed by atoms with Crippen LogP contribution < -0.4 is 10.5 Å². The SMILES string of the molecule is CC[C@@H]1CN(C)c2ccccc2CN1C(=O)c1cc[nH]c(=O)c1. The molecular formula is C18H21N3O2. The summed E-state index contributed by atoms with van der Waals surface area (Å²) in [5.41, 5.74) is 2.47. The van der Waals surface area contributed by atoms with Crippen molar-refractivity contribution in [1.82, 2.24) is 9.88 Å². The Kier molecular flexibility index (Phi) is 4.19. The number of carbonyl (C=O) groups excluding carboxylic acids is 1. The molecular weight excluding hydrogens is 290 g/mol. The van der Waals surface area contributed by atoms with Crippen LogP contribution in [0.3, 0.4) is 0 Å². The number of likely N-dealkylation sites (N-methyl/N-ethyl adjacent to an activating group) is 1. The summed E-state index contributed by atoms with van der Waals surface area (Å²) in [7, 11) is 2.06. The molecule has 0 bridgehead atoms. The molecule has 0 spiro atoms. The topological polar surface area (TPSA) is 56.4 Å². The number of anilines is 1. The maximum absolute atomic E-state index is 12.9. The van der Waals surface area contributed by atoms with Crippen molar-refractivity contribution < 1.29 is 4.79 Å². The van der Waals surface area contributed by atoms with Crippen LogP contribution in [0, 0.1) is 0 Å². The summed E-state index contributed by atoms with van der Waals surface area (Å²) < 4.78 is 0. The Morgan fingerprint density at radius 1 is 1.30 bits per heavy atom. The summed E-state index contributed by atoms with van der Waals surface area (Å²) in [4.78, 5) is 31.1. The number of aromatic nitrogens is 1. The van der Waals surface area contributed by atoms with Crippen molar-refractivity contribution >= 4 is 11.6 Å². The lowest BCUT2D eigenvalue weighted by molar-refractivity contribution is 0.0667. The van der Waals surface area contributed by atoms with Gasteiger partial charge in [0.2, 0.25) is 5.56 Å². The fraction of sp³-hybridized carbons (Fsp3) is 0.333. The number of benzene rings is 1. The maximum Gasteiger partial charge on any atom is 0.254 e. The van der Waals surface area contributed by atoms with Crippen molar-refractivity contribution in [2.24, 2.45) is 0 Å². The molecule has 1 atom stereocenters. The first-order chi connectivity index (χ1) is 11.1. The number of amides is 1. The summed E-state index contributed by atoms with van der Waals surface area (Å²) in [5.74, 6) is -0.0898. The molecule has 0 unspecified atom stereocenters. The van der Waals surface area contributed by atoms with Crippen molar-refractivity contribution in [3.05, 3.63) is 64.1 Å². The lowest BCUT2D eigenvalue weighted by atomic mass is 10.1. The average Bonchev–Trinajstić information content (AvgIpc) is 2.71. The van der Waals surface area contributed by atoms with Gasteiger partial charge in [-0.25, -0.2) is 0 Å². The van der Waals surface area contributed by atoms with E-state index in [1.165, 1.54) is 12.3 Å². The third-order valence-corrected chi connectivity index (χ3v) is 4.42. The first-order valence-corrected chi connectivity index (χ1v) is 7.89. The van der Waals surface area contributed by atoms with E-state index in [-0.39, 0.29) is 17.5 Å². The molecule has 0 fully saturated rings. The molecule has 0 radical (unpaired) electrons. The van der Waals surface area contributed by atoms with Gasteiger partial charge in [-0.1, -0.05) is 25.1 Å². The van der Waals surface area contributed by atoms with Gasteiger partial charge in [0, 0.05) is 49.7 Å². The fourth-order valence-electron chi connectivity index (χ4n) is 3.17. The van der Waals surface area contributed by atoms with Crippen LogP contribution in [0.5, 0.6) is 0 Å². The van der Waals surface area contributed by atoms with E-state index < -0.39 is 0 Å². The molecule has 5 heteroatoms. The Labute approximate surface area is 135 Å². The minimum atomic E-state index is -0.253. The first kappa shape index (κ1) is 15.3.